The molecule has 0 aliphatic rings. The van der Waals surface area contributed by atoms with E-state index in [0.29, 0.717) is 12.3 Å². The molecule has 1 atom stereocenters. The van der Waals surface area contributed by atoms with Crippen LogP contribution in [0.2, 0.25) is 5.02 Å². The van der Waals surface area contributed by atoms with Crippen LogP contribution >= 0.6 is 11.6 Å². The van der Waals surface area contributed by atoms with E-state index in [9.17, 15) is 9.90 Å². The molecule has 23 heavy (non-hydrogen) atoms. The minimum absolute atomic E-state index is 0.170. The number of halogens is 1. The fourth-order valence-corrected chi connectivity index (χ4v) is 2.56. The van der Waals surface area contributed by atoms with E-state index in [1.807, 2.05) is 44.2 Å². The van der Waals surface area contributed by atoms with Crippen molar-refractivity contribution in [2.24, 2.45) is 5.92 Å². The molecule has 0 aliphatic heterocycles. The van der Waals surface area contributed by atoms with Gasteiger partial charge in [0.15, 0.2) is 5.78 Å². The van der Waals surface area contributed by atoms with Gasteiger partial charge in [-0.05, 0) is 62.8 Å². The molecular formula is C20H29ClO2. The Hall–Kier alpha value is -1.12. The number of benzene rings is 1. The van der Waals surface area contributed by atoms with E-state index in [1.54, 1.807) is 6.08 Å². The van der Waals surface area contributed by atoms with Crippen molar-refractivity contribution >= 4 is 17.4 Å². The van der Waals surface area contributed by atoms with Crippen LogP contribution < -0.4 is 0 Å². The Balaban J connectivity index is 2.20. The summed E-state index contributed by atoms with van der Waals surface area (Å²) in [5.41, 5.74) is 0.559. The maximum Gasteiger partial charge on any atom is 0.155 e. The summed E-state index contributed by atoms with van der Waals surface area (Å²) in [6, 6.07) is 7.63. The summed E-state index contributed by atoms with van der Waals surface area (Å²) in [5.74, 6) is 0.710. The predicted octanol–water partition coefficient (Wildman–Crippen LogP) is 5.37. The van der Waals surface area contributed by atoms with Gasteiger partial charge in [0.05, 0.1) is 5.60 Å². The van der Waals surface area contributed by atoms with Gasteiger partial charge in [-0.15, -0.1) is 0 Å². The molecule has 0 aromatic heterocycles. The third kappa shape index (κ3) is 10.3. The highest BCUT2D eigenvalue weighted by Crippen LogP contribution is 2.18. The van der Waals surface area contributed by atoms with Gasteiger partial charge in [0.2, 0.25) is 0 Å². The van der Waals surface area contributed by atoms with Crippen LogP contribution in [0.15, 0.2) is 36.4 Å². The highest BCUT2D eigenvalue weighted by atomic mass is 35.5. The van der Waals surface area contributed by atoms with Gasteiger partial charge in [-0.3, -0.25) is 4.79 Å². The Labute approximate surface area is 145 Å². The number of aryl methyl sites for hydroxylation is 1. The SMILES string of the molecule is C[C@@H](CC=CC(=O)CCc1ccc(Cl)cc1)CCCC(C)(C)O. The number of carbonyl (C=O) groups excluding carboxylic acids is 1. The highest BCUT2D eigenvalue weighted by molar-refractivity contribution is 6.30. The van der Waals surface area contributed by atoms with Crippen LogP contribution in [0.1, 0.15) is 58.4 Å². The molecule has 0 bridgehead atoms. The molecule has 1 N–H and O–H groups in total. The van der Waals surface area contributed by atoms with Crippen LogP contribution in [0.4, 0.5) is 0 Å². The number of rotatable bonds is 10. The molecule has 0 spiro atoms. The van der Waals surface area contributed by atoms with E-state index in [-0.39, 0.29) is 5.78 Å². The van der Waals surface area contributed by atoms with Gasteiger partial charge in [0, 0.05) is 11.4 Å². The number of carbonyl (C=O) groups is 1. The summed E-state index contributed by atoms with van der Waals surface area (Å²) in [6.07, 6.45) is 8.81. The van der Waals surface area contributed by atoms with Gasteiger partial charge in [-0.1, -0.05) is 49.6 Å². The normalized spacial score (nSPS) is 13.4. The van der Waals surface area contributed by atoms with Gasteiger partial charge in [-0.2, -0.15) is 0 Å². The molecule has 0 heterocycles. The summed E-state index contributed by atoms with van der Waals surface area (Å²) in [5, 5.41) is 10.4. The van der Waals surface area contributed by atoms with Gasteiger partial charge in [0.25, 0.3) is 0 Å². The summed E-state index contributed by atoms with van der Waals surface area (Å²) in [7, 11) is 0. The molecule has 1 aromatic rings. The van der Waals surface area contributed by atoms with Crippen LogP contribution in [-0.2, 0) is 11.2 Å². The molecule has 1 aromatic carbocycles. The Morgan fingerprint density at radius 3 is 2.57 bits per heavy atom. The van der Waals surface area contributed by atoms with Gasteiger partial charge >= 0.3 is 0 Å². The smallest absolute Gasteiger partial charge is 0.155 e. The first-order chi connectivity index (χ1) is 10.8. The molecule has 3 heteroatoms. The zero-order chi connectivity index (χ0) is 17.3. The van der Waals surface area contributed by atoms with Crippen molar-refractivity contribution in [2.75, 3.05) is 0 Å². The molecule has 1 rings (SSSR count). The van der Waals surface area contributed by atoms with Crippen LogP contribution in [0, 0.1) is 5.92 Å². The van der Waals surface area contributed by atoms with Crippen LogP contribution in [0.3, 0.4) is 0 Å². The minimum Gasteiger partial charge on any atom is -0.390 e. The molecule has 0 fully saturated rings. The average molecular weight is 337 g/mol. The van der Waals surface area contributed by atoms with E-state index >= 15 is 0 Å². The highest BCUT2D eigenvalue weighted by Gasteiger charge is 2.12. The lowest BCUT2D eigenvalue weighted by atomic mass is 9.95. The molecule has 2 nitrogen and oxygen atoms in total. The molecule has 128 valence electrons. The van der Waals surface area contributed by atoms with Gasteiger partial charge in [0.1, 0.15) is 0 Å². The second-order valence-corrected chi connectivity index (χ2v) is 7.48. The zero-order valence-corrected chi connectivity index (χ0v) is 15.3. The van der Waals surface area contributed by atoms with Gasteiger partial charge in [-0.25, -0.2) is 0 Å². The van der Waals surface area contributed by atoms with Crippen molar-refractivity contribution in [3.05, 3.63) is 47.0 Å². The van der Waals surface area contributed by atoms with Gasteiger partial charge < -0.3 is 5.11 Å². The second-order valence-electron chi connectivity index (χ2n) is 7.04. The Morgan fingerprint density at radius 2 is 1.96 bits per heavy atom. The first-order valence-electron chi connectivity index (χ1n) is 8.42. The number of hydrogen-bond donors (Lipinski definition) is 1. The molecule has 0 radical (unpaired) electrons. The van der Waals surface area contributed by atoms with Crippen molar-refractivity contribution in [3.8, 4) is 0 Å². The lowest BCUT2D eigenvalue weighted by molar-refractivity contribution is -0.114. The number of ketones is 1. The standard InChI is InChI=1S/C20H29ClO2/c1-16(7-5-15-20(2,3)23)6-4-8-19(22)14-11-17-9-12-18(21)13-10-17/h4,8-10,12-13,16,23H,5-7,11,14-15H2,1-3H3/t16-/m0/s1. The fourth-order valence-electron chi connectivity index (χ4n) is 2.43. The van der Waals surface area contributed by atoms with Crippen LogP contribution in [0.25, 0.3) is 0 Å². The van der Waals surface area contributed by atoms with E-state index in [2.05, 4.69) is 6.92 Å². The maximum atomic E-state index is 11.9. The lowest BCUT2D eigenvalue weighted by Gasteiger charge is -2.17. The molecule has 0 amide bonds. The number of hydrogen-bond acceptors (Lipinski definition) is 2. The molecular weight excluding hydrogens is 308 g/mol. The lowest BCUT2D eigenvalue weighted by Crippen LogP contribution is -2.18. The predicted molar refractivity (Wildman–Crippen MR) is 97.8 cm³/mol. The molecule has 0 saturated carbocycles. The van der Waals surface area contributed by atoms with E-state index < -0.39 is 5.60 Å². The topological polar surface area (TPSA) is 37.3 Å². The summed E-state index contributed by atoms with van der Waals surface area (Å²) >= 11 is 5.84. The number of allylic oxidation sites excluding steroid dienone is 2. The Morgan fingerprint density at radius 1 is 1.30 bits per heavy atom. The van der Waals surface area contributed by atoms with Crippen molar-refractivity contribution < 1.29 is 9.90 Å². The average Bonchev–Trinajstić information content (AvgIpc) is 2.45. The van der Waals surface area contributed by atoms with Crippen molar-refractivity contribution in [2.45, 2.75) is 64.9 Å². The van der Waals surface area contributed by atoms with Crippen molar-refractivity contribution in [1.82, 2.24) is 0 Å². The third-order valence-electron chi connectivity index (χ3n) is 3.90. The summed E-state index contributed by atoms with van der Waals surface area (Å²) in [6.45, 7) is 5.88. The zero-order valence-electron chi connectivity index (χ0n) is 14.5. The first kappa shape index (κ1) is 19.9. The van der Waals surface area contributed by atoms with Crippen LogP contribution in [0.5, 0.6) is 0 Å². The molecule has 0 aliphatic carbocycles. The number of aliphatic hydroxyl groups is 1. The Kier molecular flexibility index (Phi) is 8.57. The second kappa shape index (κ2) is 9.89. The fraction of sp³-hybridized carbons (Fsp3) is 0.550. The molecule has 0 unspecified atom stereocenters. The maximum absolute atomic E-state index is 11.9. The Bertz CT molecular complexity index is 497. The van der Waals surface area contributed by atoms with E-state index in [4.69, 9.17) is 11.6 Å². The monoisotopic (exact) mass is 336 g/mol. The van der Waals surface area contributed by atoms with Crippen molar-refractivity contribution in [3.63, 3.8) is 0 Å². The molecule has 0 saturated heterocycles. The summed E-state index contributed by atoms with van der Waals surface area (Å²) in [4.78, 5) is 11.9. The largest absolute Gasteiger partial charge is 0.390 e. The van der Waals surface area contributed by atoms with Crippen molar-refractivity contribution in [1.29, 1.82) is 0 Å². The third-order valence-corrected chi connectivity index (χ3v) is 4.15. The quantitative estimate of drug-likeness (QED) is 0.583. The minimum atomic E-state index is -0.576. The van der Waals surface area contributed by atoms with Crippen LogP contribution in [-0.4, -0.2) is 16.5 Å². The van der Waals surface area contributed by atoms with E-state index in [1.165, 1.54) is 0 Å². The van der Waals surface area contributed by atoms with E-state index in [0.717, 1.165) is 42.7 Å². The summed E-state index contributed by atoms with van der Waals surface area (Å²) < 4.78 is 0. The first-order valence-corrected chi connectivity index (χ1v) is 8.80.